The molecule has 15 heavy (non-hydrogen) atoms. The monoisotopic (exact) mass is 206 g/mol. The Morgan fingerprint density at radius 1 is 1.47 bits per heavy atom. The summed E-state index contributed by atoms with van der Waals surface area (Å²) in [5, 5.41) is 3.45. The van der Waals surface area contributed by atoms with Gasteiger partial charge in [-0.1, -0.05) is 6.07 Å². The van der Waals surface area contributed by atoms with Crippen LogP contribution in [0.5, 0.6) is 5.88 Å². The molecule has 0 spiro atoms. The Kier molecular flexibility index (Phi) is 3.21. The van der Waals surface area contributed by atoms with Crippen LogP contribution in [-0.2, 0) is 6.54 Å². The Morgan fingerprint density at radius 3 is 2.80 bits per heavy atom. The molecule has 1 saturated carbocycles. The minimum atomic E-state index is 0.188. The molecule has 0 amide bonds. The van der Waals surface area contributed by atoms with Crippen molar-refractivity contribution >= 4 is 0 Å². The third kappa shape index (κ3) is 3.51. The van der Waals surface area contributed by atoms with Gasteiger partial charge in [-0.2, -0.15) is 0 Å². The zero-order chi connectivity index (χ0) is 10.7. The predicted octanol–water partition coefficient (Wildman–Crippen LogP) is 2.12. The molecule has 0 aromatic carbocycles. The van der Waals surface area contributed by atoms with Crippen molar-refractivity contribution in [3.05, 3.63) is 23.9 Å². The van der Waals surface area contributed by atoms with Crippen LogP contribution in [0.4, 0.5) is 0 Å². The second-order valence-corrected chi connectivity index (χ2v) is 4.33. The van der Waals surface area contributed by atoms with Crippen LogP contribution in [0.15, 0.2) is 18.3 Å². The molecular weight excluding hydrogens is 188 g/mol. The van der Waals surface area contributed by atoms with Crippen molar-refractivity contribution in [3.8, 4) is 5.88 Å². The molecule has 2 rings (SSSR count). The molecule has 1 aliphatic carbocycles. The van der Waals surface area contributed by atoms with Gasteiger partial charge in [-0.15, -0.1) is 0 Å². The molecule has 0 atom stereocenters. The molecule has 1 N–H and O–H groups in total. The quantitative estimate of drug-likeness (QED) is 0.801. The van der Waals surface area contributed by atoms with E-state index >= 15 is 0 Å². The van der Waals surface area contributed by atoms with Crippen LogP contribution >= 0.6 is 0 Å². The highest BCUT2D eigenvalue weighted by Crippen LogP contribution is 2.19. The van der Waals surface area contributed by atoms with Crippen LogP contribution in [-0.4, -0.2) is 17.1 Å². The van der Waals surface area contributed by atoms with Crippen LogP contribution in [0, 0.1) is 0 Å². The van der Waals surface area contributed by atoms with Crippen molar-refractivity contribution in [2.45, 2.75) is 45.4 Å². The average molecular weight is 206 g/mol. The summed E-state index contributed by atoms with van der Waals surface area (Å²) >= 11 is 0. The van der Waals surface area contributed by atoms with Crippen molar-refractivity contribution in [2.24, 2.45) is 0 Å². The third-order valence-electron chi connectivity index (χ3n) is 2.33. The Balaban J connectivity index is 1.85. The van der Waals surface area contributed by atoms with E-state index < -0.39 is 0 Å². The van der Waals surface area contributed by atoms with E-state index in [0.29, 0.717) is 5.88 Å². The first-order valence-corrected chi connectivity index (χ1v) is 5.59. The maximum Gasteiger partial charge on any atom is 0.213 e. The molecule has 0 unspecified atom stereocenters. The fourth-order valence-electron chi connectivity index (χ4n) is 1.38. The van der Waals surface area contributed by atoms with Gasteiger partial charge in [-0.3, -0.25) is 0 Å². The van der Waals surface area contributed by atoms with Gasteiger partial charge in [0.15, 0.2) is 0 Å². The smallest absolute Gasteiger partial charge is 0.213 e. The van der Waals surface area contributed by atoms with Gasteiger partial charge in [0.05, 0.1) is 6.10 Å². The van der Waals surface area contributed by atoms with E-state index in [0.717, 1.165) is 12.6 Å². The lowest BCUT2D eigenvalue weighted by Crippen LogP contribution is -2.15. The Hall–Kier alpha value is -1.09. The SMILES string of the molecule is CC(C)Oc1ccc(CNC2CC2)cn1. The van der Waals surface area contributed by atoms with E-state index in [1.54, 1.807) is 0 Å². The Bertz CT molecular complexity index is 304. The van der Waals surface area contributed by atoms with E-state index in [1.165, 1.54) is 18.4 Å². The maximum atomic E-state index is 5.48. The van der Waals surface area contributed by atoms with Crippen LogP contribution in [0.1, 0.15) is 32.3 Å². The minimum absolute atomic E-state index is 0.188. The van der Waals surface area contributed by atoms with E-state index in [9.17, 15) is 0 Å². The number of aromatic nitrogens is 1. The maximum absolute atomic E-state index is 5.48. The summed E-state index contributed by atoms with van der Waals surface area (Å²) in [4.78, 5) is 4.25. The highest BCUT2D eigenvalue weighted by Gasteiger charge is 2.19. The fourth-order valence-corrected chi connectivity index (χ4v) is 1.38. The average Bonchev–Trinajstić information content (AvgIpc) is 2.99. The highest BCUT2D eigenvalue weighted by molar-refractivity contribution is 5.18. The number of nitrogens with one attached hydrogen (secondary N) is 1. The lowest BCUT2D eigenvalue weighted by Gasteiger charge is -2.09. The second-order valence-electron chi connectivity index (χ2n) is 4.33. The van der Waals surface area contributed by atoms with E-state index in [4.69, 9.17) is 4.74 Å². The van der Waals surface area contributed by atoms with Gasteiger partial charge in [0.1, 0.15) is 0 Å². The van der Waals surface area contributed by atoms with Crippen molar-refractivity contribution in [1.82, 2.24) is 10.3 Å². The summed E-state index contributed by atoms with van der Waals surface area (Å²) in [6, 6.07) is 4.75. The summed E-state index contributed by atoms with van der Waals surface area (Å²) in [7, 11) is 0. The van der Waals surface area contributed by atoms with Gasteiger partial charge in [-0.25, -0.2) is 4.98 Å². The van der Waals surface area contributed by atoms with Gasteiger partial charge in [0.25, 0.3) is 0 Å². The second kappa shape index (κ2) is 4.62. The largest absolute Gasteiger partial charge is 0.475 e. The van der Waals surface area contributed by atoms with E-state index in [-0.39, 0.29) is 6.10 Å². The van der Waals surface area contributed by atoms with Crippen molar-refractivity contribution < 1.29 is 4.74 Å². The number of ether oxygens (including phenoxy) is 1. The molecule has 1 heterocycles. The molecule has 1 aromatic rings. The van der Waals surface area contributed by atoms with E-state index in [2.05, 4.69) is 16.4 Å². The third-order valence-corrected chi connectivity index (χ3v) is 2.33. The summed E-state index contributed by atoms with van der Waals surface area (Å²) in [6.07, 6.45) is 4.71. The van der Waals surface area contributed by atoms with E-state index in [1.807, 2.05) is 26.1 Å². The molecule has 1 aromatic heterocycles. The van der Waals surface area contributed by atoms with Gasteiger partial charge >= 0.3 is 0 Å². The Morgan fingerprint density at radius 2 is 2.27 bits per heavy atom. The minimum Gasteiger partial charge on any atom is -0.475 e. The summed E-state index contributed by atoms with van der Waals surface area (Å²) < 4.78 is 5.48. The van der Waals surface area contributed by atoms with Gasteiger partial charge in [0.2, 0.25) is 5.88 Å². The number of hydrogen-bond donors (Lipinski definition) is 1. The predicted molar refractivity (Wildman–Crippen MR) is 59.9 cm³/mol. The fraction of sp³-hybridized carbons (Fsp3) is 0.583. The zero-order valence-electron chi connectivity index (χ0n) is 9.36. The first-order chi connectivity index (χ1) is 7.24. The van der Waals surface area contributed by atoms with Crippen molar-refractivity contribution in [2.75, 3.05) is 0 Å². The van der Waals surface area contributed by atoms with Gasteiger partial charge < -0.3 is 10.1 Å². The van der Waals surface area contributed by atoms with Crippen molar-refractivity contribution in [1.29, 1.82) is 0 Å². The molecule has 0 bridgehead atoms. The molecule has 1 aliphatic rings. The standard InChI is InChI=1S/C12H18N2O/c1-9(2)15-12-6-3-10(8-14-12)7-13-11-4-5-11/h3,6,8-9,11,13H,4-5,7H2,1-2H3. The molecule has 82 valence electrons. The first-order valence-electron chi connectivity index (χ1n) is 5.59. The van der Waals surface area contributed by atoms with Gasteiger partial charge in [-0.05, 0) is 32.3 Å². The molecule has 0 saturated heterocycles. The topological polar surface area (TPSA) is 34.1 Å². The number of nitrogens with zero attached hydrogens (tertiary/aromatic N) is 1. The molecule has 0 aliphatic heterocycles. The van der Waals surface area contributed by atoms with Crippen LogP contribution in [0.3, 0.4) is 0 Å². The molecule has 1 fully saturated rings. The molecule has 3 heteroatoms. The number of hydrogen-bond acceptors (Lipinski definition) is 3. The molecular formula is C12H18N2O. The first kappa shape index (κ1) is 10.4. The lowest BCUT2D eigenvalue weighted by molar-refractivity contribution is 0.232. The van der Waals surface area contributed by atoms with Crippen LogP contribution < -0.4 is 10.1 Å². The lowest BCUT2D eigenvalue weighted by atomic mass is 10.3. The van der Waals surface area contributed by atoms with Crippen LogP contribution in [0.2, 0.25) is 0 Å². The van der Waals surface area contributed by atoms with Crippen LogP contribution in [0.25, 0.3) is 0 Å². The highest BCUT2D eigenvalue weighted by atomic mass is 16.5. The summed E-state index contributed by atoms with van der Waals surface area (Å²) in [6.45, 7) is 4.92. The summed E-state index contributed by atoms with van der Waals surface area (Å²) in [5.41, 5.74) is 1.22. The Labute approximate surface area is 90.9 Å². The molecule has 3 nitrogen and oxygen atoms in total. The zero-order valence-corrected chi connectivity index (χ0v) is 9.36. The number of rotatable bonds is 5. The number of pyridine rings is 1. The summed E-state index contributed by atoms with van der Waals surface area (Å²) in [5.74, 6) is 0.708. The molecule has 0 radical (unpaired) electrons. The van der Waals surface area contributed by atoms with Gasteiger partial charge in [0, 0.05) is 24.8 Å². The van der Waals surface area contributed by atoms with Crippen molar-refractivity contribution in [3.63, 3.8) is 0 Å². The normalized spacial score (nSPS) is 15.7.